The van der Waals surface area contributed by atoms with Gasteiger partial charge in [0, 0.05) is 29.9 Å². The van der Waals surface area contributed by atoms with Crippen molar-refractivity contribution in [2.75, 3.05) is 24.6 Å². The number of benzene rings is 1. The molecule has 1 aliphatic heterocycles. The summed E-state index contributed by atoms with van der Waals surface area (Å²) in [5, 5.41) is 13.7. The summed E-state index contributed by atoms with van der Waals surface area (Å²) in [6.07, 6.45) is 1.42. The molecule has 0 aliphatic carbocycles. The Morgan fingerprint density at radius 1 is 1.36 bits per heavy atom. The number of amidine groups is 1. The maximum atomic E-state index is 9.54. The fourth-order valence-electron chi connectivity index (χ4n) is 2.21. The number of halogens is 2. The van der Waals surface area contributed by atoms with Crippen LogP contribution in [0.25, 0.3) is 0 Å². The molecule has 0 aromatic heterocycles. The highest BCUT2D eigenvalue weighted by Gasteiger charge is 2.17. The SMILES string of the molecule is N/C(=N/OC/C(Cl)=C/Cl)c1ccc(N2CCC(O)CC2)cc1. The van der Waals surface area contributed by atoms with Crippen molar-refractivity contribution in [2.24, 2.45) is 10.9 Å². The van der Waals surface area contributed by atoms with Gasteiger partial charge in [0.05, 0.1) is 11.1 Å². The first-order valence-electron chi connectivity index (χ1n) is 7.04. The largest absolute Gasteiger partial charge is 0.393 e. The molecule has 2 rings (SSSR count). The van der Waals surface area contributed by atoms with Crippen LogP contribution in [0.3, 0.4) is 0 Å². The second-order valence-corrected chi connectivity index (χ2v) is 5.77. The highest BCUT2D eigenvalue weighted by atomic mass is 35.5. The van der Waals surface area contributed by atoms with Gasteiger partial charge in [0.1, 0.15) is 0 Å². The van der Waals surface area contributed by atoms with Crippen molar-refractivity contribution in [1.29, 1.82) is 0 Å². The Kier molecular flexibility index (Phi) is 6.36. The highest BCUT2D eigenvalue weighted by Crippen LogP contribution is 2.20. The van der Waals surface area contributed by atoms with E-state index in [1.165, 1.54) is 5.54 Å². The molecule has 1 aromatic carbocycles. The quantitative estimate of drug-likeness (QED) is 0.489. The van der Waals surface area contributed by atoms with E-state index in [0.717, 1.165) is 37.2 Å². The second kappa shape index (κ2) is 8.27. The van der Waals surface area contributed by atoms with Crippen molar-refractivity contribution in [2.45, 2.75) is 18.9 Å². The first-order valence-corrected chi connectivity index (χ1v) is 7.85. The molecular weight excluding hydrogens is 325 g/mol. The molecule has 0 atom stereocenters. The first-order chi connectivity index (χ1) is 10.6. The Bertz CT molecular complexity index is 538. The van der Waals surface area contributed by atoms with E-state index < -0.39 is 0 Å². The molecule has 5 nitrogen and oxygen atoms in total. The Hall–Kier alpha value is -1.43. The Morgan fingerprint density at radius 3 is 2.59 bits per heavy atom. The molecule has 7 heteroatoms. The third-order valence-corrected chi connectivity index (χ3v) is 4.07. The van der Waals surface area contributed by atoms with Crippen molar-refractivity contribution in [3.8, 4) is 0 Å². The molecule has 1 fully saturated rings. The van der Waals surface area contributed by atoms with Crippen LogP contribution in [-0.2, 0) is 4.84 Å². The lowest BCUT2D eigenvalue weighted by molar-refractivity contribution is 0.145. The fraction of sp³-hybridized carbons (Fsp3) is 0.400. The maximum Gasteiger partial charge on any atom is 0.170 e. The van der Waals surface area contributed by atoms with E-state index >= 15 is 0 Å². The monoisotopic (exact) mass is 343 g/mol. The lowest BCUT2D eigenvalue weighted by atomic mass is 10.1. The standard InChI is InChI=1S/C15H19Cl2N3O2/c16-9-12(17)10-22-19-15(18)11-1-3-13(4-2-11)20-7-5-14(21)6-8-20/h1-4,9,14,21H,5-8,10H2,(H2,18,19)/b12-9-. The minimum atomic E-state index is -0.177. The molecule has 0 unspecified atom stereocenters. The molecule has 120 valence electrons. The number of rotatable bonds is 5. The molecule has 0 radical (unpaired) electrons. The number of hydrogen-bond acceptors (Lipinski definition) is 4. The highest BCUT2D eigenvalue weighted by molar-refractivity contribution is 6.36. The van der Waals surface area contributed by atoms with Crippen LogP contribution in [0.4, 0.5) is 5.69 Å². The molecular formula is C15H19Cl2N3O2. The van der Waals surface area contributed by atoms with Crippen molar-refractivity contribution in [3.63, 3.8) is 0 Å². The van der Waals surface area contributed by atoms with Gasteiger partial charge in [-0.15, -0.1) is 0 Å². The third-order valence-electron chi connectivity index (χ3n) is 3.48. The van der Waals surface area contributed by atoms with Gasteiger partial charge in [-0.25, -0.2) is 0 Å². The van der Waals surface area contributed by atoms with Gasteiger partial charge in [0.25, 0.3) is 0 Å². The molecule has 1 aromatic rings. The van der Waals surface area contributed by atoms with Gasteiger partial charge < -0.3 is 20.6 Å². The minimum absolute atomic E-state index is 0.0833. The summed E-state index contributed by atoms with van der Waals surface area (Å²) < 4.78 is 0. The zero-order valence-electron chi connectivity index (χ0n) is 12.1. The van der Waals surface area contributed by atoms with Gasteiger partial charge in [-0.1, -0.05) is 28.4 Å². The van der Waals surface area contributed by atoms with E-state index in [1.54, 1.807) is 0 Å². The van der Waals surface area contributed by atoms with E-state index in [1.807, 2.05) is 24.3 Å². The number of nitrogens with two attached hydrogens (primary N) is 1. The number of anilines is 1. The van der Waals surface area contributed by atoms with E-state index in [2.05, 4.69) is 10.1 Å². The Morgan fingerprint density at radius 2 is 2.00 bits per heavy atom. The zero-order valence-corrected chi connectivity index (χ0v) is 13.6. The first kappa shape index (κ1) is 16.9. The Balaban J connectivity index is 1.94. The fourth-order valence-corrected chi connectivity index (χ4v) is 2.33. The van der Waals surface area contributed by atoms with Crippen molar-refractivity contribution >= 4 is 34.7 Å². The van der Waals surface area contributed by atoms with E-state index in [9.17, 15) is 5.11 Å². The number of hydrogen-bond donors (Lipinski definition) is 2. The van der Waals surface area contributed by atoms with Gasteiger partial charge in [-0.2, -0.15) is 0 Å². The normalized spacial score (nSPS) is 17.7. The summed E-state index contributed by atoms with van der Waals surface area (Å²) in [6, 6.07) is 7.76. The average Bonchev–Trinajstić information content (AvgIpc) is 2.55. The molecule has 0 bridgehead atoms. The number of nitrogens with zero attached hydrogens (tertiary/aromatic N) is 2. The van der Waals surface area contributed by atoms with Crippen molar-refractivity contribution in [3.05, 3.63) is 40.4 Å². The molecule has 1 heterocycles. The van der Waals surface area contributed by atoms with Crippen LogP contribution in [0.2, 0.25) is 0 Å². The van der Waals surface area contributed by atoms with Crippen LogP contribution in [0, 0.1) is 0 Å². The van der Waals surface area contributed by atoms with Crippen LogP contribution >= 0.6 is 23.2 Å². The van der Waals surface area contributed by atoms with E-state index in [0.29, 0.717) is 5.03 Å². The Labute approximate surface area is 139 Å². The molecule has 1 aliphatic rings. The van der Waals surface area contributed by atoms with Crippen LogP contribution in [-0.4, -0.2) is 36.7 Å². The predicted molar refractivity (Wildman–Crippen MR) is 90.4 cm³/mol. The zero-order chi connectivity index (χ0) is 15.9. The number of piperidine rings is 1. The van der Waals surface area contributed by atoms with Crippen LogP contribution < -0.4 is 10.6 Å². The van der Waals surface area contributed by atoms with Gasteiger partial charge in [0.15, 0.2) is 12.4 Å². The molecule has 22 heavy (non-hydrogen) atoms. The number of aliphatic hydroxyl groups is 1. The summed E-state index contributed by atoms with van der Waals surface area (Å²) in [5.41, 5.74) is 8.95. The van der Waals surface area contributed by atoms with Gasteiger partial charge in [-0.05, 0) is 37.1 Å². The van der Waals surface area contributed by atoms with Crippen molar-refractivity contribution in [1.82, 2.24) is 0 Å². The lowest BCUT2D eigenvalue weighted by Gasteiger charge is -2.31. The summed E-state index contributed by atoms with van der Waals surface area (Å²) in [5.74, 6) is 0.277. The van der Waals surface area contributed by atoms with Crippen molar-refractivity contribution < 1.29 is 9.94 Å². The topological polar surface area (TPSA) is 71.1 Å². The summed E-state index contributed by atoms with van der Waals surface area (Å²) in [7, 11) is 0. The molecule has 0 spiro atoms. The number of aliphatic hydroxyl groups excluding tert-OH is 1. The lowest BCUT2D eigenvalue weighted by Crippen LogP contribution is -2.35. The third kappa shape index (κ3) is 4.80. The molecule has 0 amide bonds. The predicted octanol–water partition coefficient (Wildman–Crippen LogP) is 2.60. The maximum absolute atomic E-state index is 9.54. The average molecular weight is 344 g/mol. The smallest absolute Gasteiger partial charge is 0.170 e. The minimum Gasteiger partial charge on any atom is -0.393 e. The van der Waals surface area contributed by atoms with Crippen LogP contribution in [0.5, 0.6) is 0 Å². The molecule has 3 N–H and O–H groups in total. The molecule has 1 saturated heterocycles. The second-order valence-electron chi connectivity index (χ2n) is 5.07. The van der Waals surface area contributed by atoms with Gasteiger partial charge in [0.2, 0.25) is 0 Å². The van der Waals surface area contributed by atoms with Crippen LogP contribution in [0.1, 0.15) is 18.4 Å². The van der Waals surface area contributed by atoms with E-state index in [-0.39, 0.29) is 18.5 Å². The van der Waals surface area contributed by atoms with Crippen LogP contribution in [0.15, 0.2) is 40.0 Å². The summed E-state index contributed by atoms with van der Waals surface area (Å²) in [6.45, 7) is 1.80. The van der Waals surface area contributed by atoms with E-state index in [4.69, 9.17) is 33.8 Å². The summed E-state index contributed by atoms with van der Waals surface area (Å²) in [4.78, 5) is 7.24. The molecule has 0 saturated carbocycles. The number of oxime groups is 1. The summed E-state index contributed by atoms with van der Waals surface area (Å²) >= 11 is 11.1. The van der Waals surface area contributed by atoms with Gasteiger partial charge >= 0.3 is 0 Å². The van der Waals surface area contributed by atoms with Gasteiger partial charge in [-0.3, -0.25) is 0 Å².